The summed E-state index contributed by atoms with van der Waals surface area (Å²) in [6.45, 7) is 4.58. The number of hydrogen-bond donors (Lipinski definition) is 1. The molecule has 0 aliphatic carbocycles. The molecule has 5 unspecified atom stereocenters. The number of nitrogens with zero attached hydrogens (tertiary/aromatic N) is 2. The molecule has 0 saturated carbocycles. The number of benzene rings is 4. The van der Waals surface area contributed by atoms with Crippen molar-refractivity contribution in [3.05, 3.63) is 93.7 Å². The third-order valence-corrected chi connectivity index (χ3v) is 13.2. The van der Waals surface area contributed by atoms with Gasteiger partial charge >= 0.3 is 23.9 Å². The molecule has 5 aromatic rings. The summed E-state index contributed by atoms with van der Waals surface area (Å²) in [6.07, 6.45) is -7.18. The molecule has 3 aliphatic heterocycles. The number of amides is 2. The molecular weight excluding hydrogens is 891 g/mol. The fourth-order valence-electron chi connectivity index (χ4n) is 8.82. The van der Waals surface area contributed by atoms with Crippen LogP contribution in [-0.4, -0.2) is 103 Å². The first-order chi connectivity index (χ1) is 30.7. The van der Waals surface area contributed by atoms with Crippen LogP contribution in [0.3, 0.4) is 0 Å². The summed E-state index contributed by atoms with van der Waals surface area (Å²) in [5.74, 6) is -3.68. The second kappa shape index (κ2) is 18.3. The second-order valence-corrected chi connectivity index (χ2v) is 17.3. The number of phenols is 1. The van der Waals surface area contributed by atoms with Gasteiger partial charge in [-0.15, -0.1) is 34.5 Å². The zero-order valence-electron chi connectivity index (χ0n) is 34.9. The largest absolute Gasteiger partial charge is 0.507 e. The van der Waals surface area contributed by atoms with Crippen molar-refractivity contribution in [1.82, 2.24) is 0 Å². The Balaban J connectivity index is 1.14. The third-order valence-electron chi connectivity index (χ3n) is 11.4. The van der Waals surface area contributed by atoms with Crippen LogP contribution in [0.25, 0.3) is 21.5 Å². The van der Waals surface area contributed by atoms with E-state index in [2.05, 4.69) is 0 Å². The highest BCUT2D eigenvalue weighted by Crippen LogP contribution is 2.48. The Bertz CT molecular complexity index is 2710. The van der Waals surface area contributed by atoms with Gasteiger partial charge in [0.25, 0.3) is 11.8 Å². The van der Waals surface area contributed by atoms with Crippen LogP contribution in [0, 0.1) is 0 Å². The third kappa shape index (κ3) is 8.42. The molecule has 1 aromatic heterocycles. The lowest BCUT2D eigenvalue weighted by molar-refractivity contribution is -0.288. The van der Waals surface area contributed by atoms with Gasteiger partial charge in [-0.25, -0.2) is 0 Å². The van der Waals surface area contributed by atoms with Crippen LogP contribution < -0.4 is 14.5 Å². The van der Waals surface area contributed by atoms with Crippen LogP contribution in [0.4, 0.5) is 11.4 Å². The number of alkyl halides is 2. The van der Waals surface area contributed by atoms with Gasteiger partial charge < -0.3 is 43.3 Å². The summed E-state index contributed by atoms with van der Waals surface area (Å²) < 4.78 is 34.8. The lowest BCUT2D eigenvalue weighted by atomic mass is 9.95. The van der Waals surface area contributed by atoms with E-state index < -0.39 is 67.1 Å². The minimum Gasteiger partial charge on any atom is -0.507 e. The Hall–Kier alpha value is -5.94. The zero-order valence-corrected chi connectivity index (χ0v) is 37.2. The van der Waals surface area contributed by atoms with Crippen LogP contribution in [0.15, 0.2) is 72.8 Å². The number of carbonyl (C=O) groups is 6. The van der Waals surface area contributed by atoms with Gasteiger partial charge in [0.15, 0.2) is 12.2 Å². The zero-order chi connectivity index (χ0) is 45.6. The second-order valence-electron chi connectivity index (χ2n) is 15.6. The molecule has 0 radical (unpaired) electrons. The predicted octanol–water partition coefficient (Wildman–Crippen LogP) is 7.19. The molecule has 18 heteroatoms. The van der Waals surface area contributed by atoms with Gasteiger partial charge in [0.2, 0.25) is 12.4 Å². The number of halogens is 2. The van der Waals surface area contributed by atoms with E-state index in [-0.39, 0.29) is 52.4 Å². The molecule has 334 valence electrons. The van der Waals surface area contributed by atoms with Crippen molar-refractivity contribution in [3.8, 4) is 11.5 Å². The Morgan fingerprint density at radius 2 is 1.14 bits per heavy atom. The molecule has 3 aliphatic rings. The normalized spacial score (nSPS) is 22.4. The fraction of sp³-hybridized carbons (Fsp3) is 0.348. The van der Waals surface area contributed by atoms with E-state index >= 15 is 0 Å². The number of esters is 4. The smallest absolute Gasteiger partial charge is 0.303 e. The lowest BCUT2D eigenvalue weighted by Crippen LogP contribution is -2.63. The maximum Gasteiger partial charge on any atom is 0.303 e. The number of rotatable bonds is 11. The summed E-state index contributed by atoms with van der Waals surface area (Å²) >= 11 is 14.1. The van der Waals surface area contributed by atoms with Crippen molar-refractivity contribution in [3.63, 3.8) is 0 Å². The van der Waals surface area contributed by atoms with E-state index in [4.69, 9.17) is 51.6 Å². The Morgan fingerprint density at radius 3 is 1.67 bits per heavy atom. The molecular formula is C46H42Cl2N2O13S. The summed E-state index contributed by atoms with van der Waals surface area (Å²) in [6, 6.07) is 21.1. The van der Waals surface area contributed by atoms with Crippen LogP contribution in [0.1, 0.15) is 70.0 Å². The fourth-order valence-corrected chi connectivity index (χ4v) is 10.2. The van der Waals surface area contributed by atoms with Crippen molar-refractivity contribution in [1.29, 1.82) is 0 Å². The van der Waals surface area contributed by atoms with Crippen molar-refractivity contribution in [2.24, 2.45) is 0 Å². The van der Waals surface area contributed by atoms with Gasteiger partial charge in [-0.2, -0.15) is 0 Å². The first-order valence-corrected chi connectivity index (χ1v) is 22.2. The molecule has 0 spiro atoms. The van der Waals surface area contributed by atoms with Gasteiger partial charge in [-0.3, -0.25) is 28.8 Å². The van der Waals surface area contributed by atoms with Crippen LogP contribution in [0.5, 0.6) is 11.5 Å². The Kier molecular flexibility index (Phi) is 12.8. The van der Waals surface area contributed by atoms with E-state index in [9.17, 15) is 33.9 Å². The molecule has 7 atom stereocenters. The number of aromatic hydroxyl groups is 1. The number of ether oxygens (including phenoxy) is 6. The first kappa shape index (κ1) is 44.7. The molecule has 64 heavy (non-hydrogen) atoms. The quantitative estimate of drug-likeness (QED) is 0.0799. The standard InChI is InChI=1S/C46H42Cl2N2O13S/c1-22(51)58-21-36-41(59-23(2)52)42(60-24(3)53)43(61-25(4)54)46(63-36)62-35-16-33-40(31-12-8-6-10-29(31)35)27(18-48)20-50(33)45(57)38-14-13-37(64-38)44(56)49-19-26(17-47)39-30-11-7-5-9-28(30)34(55)15-32(39)49/h5-16,26-27,36,41-43,46,55H,17-21H2,1-4H3/t26-,27-,36?,41?,42?,43?,46?/m1/s1. The number of phenolic OH excluding ortho intramolecular Hbond substituents is 1. The van der Waals surface area contributed by atoms with Crippen molar-refractivity contribution < 1.29 is 62.3 Å². The minimum absolute atomic E-state index is 0.0380. The number of thiophene rings is 1. The van der Waals surface area contributed by atoms with Crippen LogP contribution in [-0.2, 0) is 42.9 Å². The molecule has 1 N–H and O–H groups in total. The monoisotopic (exact) mass is 932 g/mol. The highest BCUT2D eigenvalue weighted by Gasteiger charge is 2.54. The molecule has 4 heterocycles. The molecule has 0 bridgehead atoms. The Morgan fingerprint density at radius 1 is 0.656 bits per heavy atom. The number of anilines is 2. The predicted molar refractivity (Wildman–Crippen MR) is 237 cm³/mol. The molecule has 15 nitrogen and oxygen atoms in total. The number of carbonyl (C=O) groups excluding carboxylic acids is 6. The summed E-state index contributed by atoms with van der Waals surface area (Å²) in [7, 11) is 0. The summed E-state index contributed by atoms with van der Waals surface area (Å²) in [4.78, 5) is 81.9. The van der Waals surface area contributed by atoms with Gasteiger partial charge in [0.1, 0.15) is 24.2 Å². The molecule has 4 aromatic carbocycles. The van der Waals surface area contributed by atoms with Crippen LogP contribution >= 0.6 is 34.5 Å². The topological polar surface area (TPSA) is 185 Å². The van der Waals surface area contributed by atoms with E-state index in [1.165, 1.54) is 6.92 Å². The van der Waals surface area contributed by atoms with Crippen molar-refractivity contribution >= 4 is 103 Å². The van der Waals surface area contributed by atoms with Crippen LogP contribution in [0.2, 0.25) is 0 Å². The lowest BCUT2D eigenvalue weighted by Gasteiger charge is -2.44. The van der Waals surface area contributed by atoms with Crippen molar-refractivity contribution in [2.75, 3.05) is 41.3 Å². The molecule has 8 rings (SSSR count). The molecule has 2 amide bonds. The van der Waals surface area contributed by atoms with Crippen molar-refractivity contribution in [2.45, 2.75) is 70.2 Å². The minimum atomic E-state index is -1.55. The van der Waals surface area contributed by atoms with E-state index in [1.807, 2.05) is 36.4 Å². The maximum atomic E-state index is 14.6. The molecule has 1 fully saturated rings. The van der Waals surface area contributed by atoms with Gasteiger partial charge in [0.05, 0.1) is 21.1 Å². The first-order valence-electron chi connectivity index (χ1n) is 20.3. The number of hydrogen-bond acceptors (Lipinski definition) is 14. The Labute approximate surface area is 380 Å². The average molecular weight is 934 g/mol. The van der Waals surface area contributed by atoms with Gasteiger partial charge in [-0.05, 0) is 34.0 Å². The summed E-state index contributed by atoms with van der Waals surface area (Å²) in [5, 5.41) is 13.7. The van der Waals surface area contributed by atoms with E-state index in [1.54, 1.807) is 46.2 Å². The molecule has 1 saturated heterocycles. The SMILES string of the molecule is CC(=O)OCC1OC(Oc2cc3c(c4ccccc24)[C@H](CCl)CN3C(=O)c2ccc(C(=O)N3C[C@@H](CCl)c4c3cc(O)c3ccccc43)s2)C(OC(C)=O)C(OC(C)=O)C1OC(C)=O. The average Bonchev–Trinajstić information content (AvgIpc) is 4.00. The van der Waals surface area contributed by atoms with Gasteiger partial charge in [0, 0.05) is 87.3 Å². The highest BCUT2D eigenvalue weighted by molar-refractivity contribution is 7.16. The number of fused-ring (bicyclic) bond motifs is 6. The van der Waals surface area contributed by atoms with E-state index in [0.29, 0.717) is 39.0 Å². The highest BCUT2D eigenvalue weighted by atomic mass is 35.5. The van der Waals surface area contributed by atoms with E-state index in [0.717, 1.165) is 48.6 Å². The maximum absolute atomic E-state index is 14.6. The summed E-state index contributed by atoms with van der Waals surface area (Å²) in [5.41, 5.74) is 2.66. The van der Waals surface area contributed by atoms with Gasteiger partial charge in [-0.1, -0.05) is 48.5 Å².